The van der Waals surface area contributed by atoms with Gasteiger partial charge in [-0.1, -0.05) is 0 Å². The number of halogens is 4. The normalized spacial score (nSPS) is 15.1. The van der Waals surface area contributed by atoms with E-state index in [1.165, 1.54) is 6.92 Å². The number of alkyl halides is 3. The molecule has 0 aromatic heterocycles. The van der Waals surface area contributed by atoms with Crippen LogP contribution in [0.3, 0.4) is 0 Å². The average Bonchev–Trinajstić information content (AvgIpc) is 2.28. The molecule has 0 aliphatic carbocycles. The van der Waals surface area contributed by atoms with Crippen LogP contribution in [0, 0.1) is 5.82 Å². The Bertz CT molecular complexity index is 603. The lowest BCUT2D eigenvalue weighted by atomic mass is 10.0. The van der Waals surface area contributed by atoms with Crippen LogP contribution in [-0.2, 0) is 17.2 Å². The van der Waals surface area contributed by atoms with Gasteiger partial charge in [0.15, 0.2) is 0 Å². The van der Waals surface area contributed by atoms with Crippen LogP contribution in [0.5, 0.6) is 0 Å². The van der Waals surface area contributed by atoms with Gasteiger partial charge in [0.1, 0.15) is 16.8 Å². The molecule has 1 aromatic rings. The highest BCUT2D eigenvalue weighted by Crippen LogP contribution is 2.34. The van der Waals surface area contributed by atoms with Gasteiger partial charge in [0.25, 0.3) is 0 Å². The Balaban J connectivity index is 3.42. The number of anilines is 1. The summed E-state index contributed by atoms with van der Waals surface area (Å²) in [4.78, 5) is 0. The summed E-state index contributed by atoms with van der Waals surface area (Å²) in [6.45, 7) is 6.24. The van der Waals surface area contributed by atoms with Crippen LogP contribution >= 0.6 is 0 Å². The molecule has 21 heavy (non-hydrogen) atoms. The third-order valence-corrected chi connectivity index (χ3v) is 4.02. The average molecular weight is 324 g/mol. The molecule has 8 heteroatoms. The van der Waals surface area contributed by atoms with E-state index >= 15 is 0 Å². The largest absolute Gasteiger partial charge is 0.419 e. The number of nitrogens with two attached hydrogens (primary N) is 1. The van der Waals surface area contributed by atoms with Gasteiger partial charge in [-0.15, -0.1) is 0 Å². The number of hydrogen-bond donors (Lipinski definition) is 1. The first-order valence-electron chi connectivity index (χ1n) is 5.98. The molecular weight excluding hydrogens is 308 g/mol. The zero-order valence-electron chi connectivity index (χ0n) is 12.0. The van der Waals surface area contributed by atoms with E-state index < -0.39 is 38.9 Å². The summed E-state index contributed by atoms with van der Waals surface area (Å²) in [5.74, 6) is -1.47. The van der Waals surface area contributed by atoms with Gasteiger partial charge in [-0.25, -0.2) is 8.60 Å². The predicted molar refractivity (Wildman–Crippen MR) is 75.9 cm³/mol. The first-order valence-corrected chi connectivity index (χ1v) is 7.08. The van der Waals surface area contributed by atoms with E-state index in [2.05, 4.69) is 4.40 Å². The minimum atomic E-state index is -4.86. The molecule has 1 aromatic carbocycles. The topological polar surface area (TPSA) is 55.5 Å². The van der Waals surface area contributed by atoms with E-state index in [-0.39, 0.29) is 11.4 Å². The molecule has 0 amide bonds. The van der Waals surface area contributed by atoms with Gasteiger partial charge in [0.2, 0.25) is 0 Å². The molecule has 0 spiro atoms. The second kappa shape index (κ2) is 5.75. The molecular formula is C13H16F4N2OS. The van der Waals surface area contributed by atoms with Gasteiger partial charge in [-0.3, -0.25) is 0 Å². The van der Waals surface area contributed by atoms with Gasteiger partial charge < -0.3 is 5.73 Å². The highest BCUT2D eigenvalue weighted by atomic mass is 32.2. The van der Waals surface area contributed by atoms with Crippen molar-refractivity contribution in [1.29, 1.82) is 0 Å². The first kappa shape index (κ1) is 17.6. The van der Waals surface area contributed by atoms with E-state index in [0.717, 1.165) is 6.07 Å². The zero-order valence-corrected chi connectivity index (χ0v) is 12.8. The van der Waals surface area contributed by atoms with Gasteiger partial charge in [0, 0.05) is 11.3 Å². The second-order valence-corrected chi connectivity index (χ2v) is 7.37. The number of hydrogen-bond acceptors (Lipinski definition) is 2. The number of rotatable bonds is 2. The Kier molecular flexibility index (Phi) is 4.82. The number of nitrogen functional groups attached to an aromatic ring is 1. The van der Waals surface area contributed by atoms with Crippen LogP contribution in [0.4, 0.5) is 23.2 Å². The minimum Gasteiger partial charge on any atom is -0.399 e. The van der Waals surface area contributed by atoms with Crippen molar-refractivity contribution in [2.75, 3.05) is 5.73 Å². The fourth-order valence-corrected chi connectivity index (χ4v) is 2.05. The maximum atomic E-state index is 14.0. The third-order valence-electron chi connectivity index (χ3n) is 2.53. The van der Waals surface area contributed by atoms with E-state index in [1.807, 2.05) is 0 Å². The molecule has 0 heterocycles. The lowest BCUT2D eigenvalue weighted by Gasteiger charge is -2.15. The smallest absolute Gasteiger partial charge is 0.399 e. The van der Waals surface area contributed by atoms with Crippen LogP contribution in [0.15, 0.2) is 16.5 Å². The van der Waals surface area contributed by atoms with Crippen LogP contribution in [0.2, 0.25) is 0 Å². The van der Waals surface area contributed by atoms with Crippen molar-refractivity contribution in [1.82, 2.24) is 0 Å². The fourth-order valence-electron chi connectivity index (χ4n) is 1.43. The summed E-state index contributed by atoms with van der Waals surface area (Å²) in [6, 6.07) is 1.57. The zero-order chi connectivity index (χ0) is 16.6. The summed E-state index contributed by atoms with van der Waals surface area (Å²) in [5, 5.41) is 0. The highest BCUT2D eigenvalue weighted by molar-refractivity contribution is 7.85. The molecule has 0 aliphatic rings. The molecule has 0 aliphatic heterocycles. The van der Waals surface area contributed by atoms with Crippen molar-refractivity contribution in [3.63, 3.8) is 0 Å². The Labute approximate surface area is 122 Å². The van der Waals surface area contributed by atoms with E-state index in [4.69, 9.17) is 5.73 Å². The van der Waals surface area contributed by atoms with Crippen LogP contribution < -0.4 is 5.73 Å². The second-order valence-electron chi connectivity index (χ2n) is 5.47. The Morgan fingerprint density at radius 2 is 1.76 bits per heavy atom. The summed E-state index contributed by atoms with van der Waals surface area (Å²) >= 11 is 0. The van der Waals surface area contributed by atoms with Gasteiger partial charge in [0.05, 0.1) is 16.0 Å². The van der Waals surface area contributed by atoms with Crippen molar-refractivity contribution in [2.24, 2.45) is 4.40 Å². The van der Waals surface area contributed by atoms with E-state index in [1.54, 1.807) is 20.8 Å². The highest BCUT2D eigenvalue weighted by Gasteiger charge is 2.36. The molecule has 118 valence electrons. The summed E-state index contributed by atoms with van der Waals surface area (Å²) in [6.07, 6.45) is -4.86. The van der Waals surface area contributed by atoms with Crippen molar-refractivity contribution >= 4 is 22.4 Å². The maximum Gasteiger partial charge on any atom is 0.419 e. The molecule has 1 atom stereocenters. The molecule has 0 unspecified atom stereocenters. The Morgan fingerprint density at radius 3 is 2.19 bits per heavy atom. The van der Waals surface area contributed by atoms with Gasteiger partial charge >= 0.3 is 6.18 Å². The van der Waals surface area contributed by atoms with Crippen molar-refractivity contribution in [3.05, 3.63) is 29.1 Å². The summed E-state index contributed by atoms with van der Waals surface area (Å²) in [7, 11) is -1.71. The van der Waals surface area contributed by atoms with Gasteiger partial charge in [-0.2, -0.15) is 17.6 Å². The lowest BCUT2D eigenvalue weighted by Crippen LogP contribution is -2.21. The predicted octanol–water partition coefficient (Wildman–Crippen LogP) is 3.70. The lowest BCUT2D eigenvalue weighted by molar-refractivity contribution is -0.139. The maximum absolute atomic E-state index is 14.0. The monoisotopic (exact) mass is 324 g/mol. The molecule has 2 N–H and O–H groups in total. The van der Waals surface area contributed by atoms with Crippen molar-refractivity contribution in [2.45, 2.75) is 38.6 Å². The molecule has 0 bridgehead atoms. The molecule has 0 saturated carbocycles. The number of benzene rings is 1. The Hall–Kier alpha value is -1.44. The minimum absolute atomic E-state index is 0.0986. The molecule has 1 rings (SSSR count). The first-order chi connectivity index (χ1) is 9.34. The summed E-state index contributed by atoms with van der Waals surface area (Å²) < 4.78 is 67.1. The van der Waals surface area contributed by atoms with Crippen LogP contribution in [0.25, 0.3) is 0 Å². The standard InChI is InChI=1S/C13H16F4N2OS/c1-7(19-21(20)12(2,3)4)9-5-8(18)6-10(11(9)14)13(15,16)17/h5-6H,18H2,1-4H3/b19-7+/t21-/m1/s1. The van der Waals surface area contributed by atoms with Gasteiger partial charge in [-0.05, 0) is 39.8 Å². The van der Waals surface area contributed by atoms with E-state index in [0.29, 0.717) is 6.07 Å². The molecule has 3 nitrogen and oxygen atoms in total. The quantitative estimate of drug-likeness (QED) is 0.512. The molecule has 0 fully saturated rings. The molecule has 0 radical (unpaired) electrons. The van der Waals surface area contributed by atoms with Crippen molar-refractivity contribution < 1.29 is 21.8 Å². The van der Waals surface area contributed by atoms with Crippen LogP contribution in [0.1, 0.15) is 38.8 Å². The van der Waals surface area contributed by atoms with E-state index in [9.17, 15) is 21.8 Å². The van der Waals surface area contributed by atoms with Crippen molar-refractivity contribution in [3.8, 4) is 0 Å². The third kappa shape index (κ3) is 4.26. The SMILES string of the molecule is C/C(=N\[S@](=O)C(C)(C)C)c1cc(N)cc(C(F)(F)F)c1F. The van der Waals surface area contributed by atoms with Crippen LogP contribution in [-0.4, -0.2) is 14.7 Å². The molecule has 0 saturated heterocycles. The Morgan fingerprint density at radius 1 is 1.24 bits per heavy atom. The number of nitrogens with zero attached hydrogens (tertiary/aromatic N) is 1. The summed E-state index contributed by atoms with van der Waals surface area (Å²) in [5.41, 5.74) is 3.18. The fraction of sp³-hybridized carbons (Fsp3) is 0.462.